The molecule has 3 fully saturated rings. The highest BCUT2D eigenvalue weighted by Crippen LogP contribution is 2.31. The summed E-state index contributed by atoms with van der Waals surface area (Å²) in [6.45, 7) is 0.721. The minimum absolute atomic E-state index is 0.00177. The molecule has 0 aliphatic carbocycles. The number of nitrogens with two attached hydrogens (primary N) is 2. The van der Waals surface area contributed by atoms with Crippen molar-refractivity contribution in [2.75, 3.05) is 19.8 Å². The highest BCUT2D eigenvalue weighted by atomic mass is 16.7. The highest BCUT2D eigenvalue weighted by molar-refractivity contribution is 4.94. The summed E-state index contributed by atoms with van der Waals surface area (Å²) in [7, 11) is 0. The lowest BCUT2D eigenvalue weighted by Gasteiger charge is -2.45. The molecule has 3 saturated heterocycles. The molecule has 3 rings (SSSR count). The molecule has 0 spiro atoms. The number of hydrogen-bond donors (Lipinski definition) is 8. The monoisotopic (exact) mass is 454 g/mol. The molecule has 3 aliphatic rings. The Labute approximate surface area is 179 Å². The van der Waals surface area contributed by atoms with Gasteiger partial charge in [0.25, 0.3) is 0 Å². The van der Waals surface area contributed by atoms with Gasteiger partial charge in [0.15, 0.2) is 12.6 Å². The lowest BCUT2D eigenvalue weighted by Crippen LogP contribution is -2.62. The van der Waals surface area contributed by atoms with Crippen LogP contribution in [0.25, 0.3) is 0 Å². The van der Waals surface area contributed by atoms with E-state index in [1.54, 1.807) is 6.92 Å². The van der Waals surface area contributed by atoms with Crippen LogP contribution in [-0.2, 0) is 23.7 Å². The fourth-order valence-electron chi connectivity index (χ4n) is 4.12. The van der Waals surface area contributed by atoms with Crippen LogP contribution >= 0.6 is 0 Å². The first-order valence-electron chi connectivity index (χ1n) is 10.4. The molecule has 31 heavy (non-hydrogen) atoms. The van der Waals surface area contributed by atoms with Crippen LogP contribution in [0, 0.1) is 0 Å². The largest absolute Gasteiger partial charge is 0.394 e. The van der Waals surface area contributed by atoms with Crippen molar-refractivity contribution in [1.82, 2.24) is 0 Å². The Hall–Kier alpha value is -0.520. The second kappa shape index (κ2) is 10.6. The molecule has 0 aromatic carbocycles. The summed E-state index contributed by atoms with van der Waals surface area (Å²) in [5.41, 5.74) is 12.0. The Morgan fingerprint density at radius 1 is 0.806 bits per heavy atom. The van der Waals surface area contributed by atoms with Crippen molar-refractivity contribution in [2.45, 2.75) is 93.0 Å². The van der Waals surface area contributed by atoms with Gasteiger partial charge in [-0.1, -0.05) is 0 Å². The van der Waals surface area contributed by atoms with E-state index in [4.69, 9.17) is 35.2 Å². The fourth-order valence-corrected chi connectivity index (χ4v) is 4.12. The average Bonchev–Trinajstić information content (AvgIpc) is 3.03. The molecule has 0 radical (unpaired) electrons. The molecule has 13 atom stereocenters. The van der Waals surface area contributed by atoms with Crippen LogP contribution in [-0.4, -0.2) is 130 Å². The standard InChI is InChI=1S/C18H34N2O11/c1-6-12(23)16(11(5-22)27-6)31-17-7(20)2-8(9(3-19)29-17)28-18-15(26)14(25)13(24)10(4-21)30-18/h6-18,21-26H,2-5,19-20H2,1H3/t6-,7?,8?,9-,10?,11+,12+,13+,14-,15?,16?,17-,18-/m0/s1. The Balaban J connectivity index is 1.64. The van der Waals surface area contributed by atoms with Gasteiger partial charge in [-0.25, -0.2) is 0 Å². The molecule has 10 N–H and O–H groups in total. The van der Waals surface area contributed by atoms with E-state index < -0.39 is 86.3 Å². The van der Waals surface area contributed by atoms with Gasteiger partial charge in [-0.3, -0.25) is 0 Å². The van der Waals surface area contributed by atoms with Gasteiger partial charge in [-0.15, -0.1) is 0 Å². The third-order valence-electron chi connectivity index (χ3n) is 6.01. The maximum Gasteiger partial charge on any atom is 0.187 e. The summed E-state index contributed by atoms with van der Waals surface area (Å²) in [6.07, 6.45) is -12.5. The van der Waals surface area contributed by atoms with Crippen LogP contribution in [0.15, 0.2) is 0 Å². The minimum atomic E-state index is -1.58. The topological polar surface area (TPSA) is 220 Å². The van der Waals surface area contributed by atoms with Crippen molar-refractivity contribution < 1.29 is 54.3 Å². The second-order valence-corrected chi connectivity index (χ2v) is 8.20. The lowest BCUT2D eigenvalue weighted by molar-refractivity contribution is -0.334. The number of hydrogen-bond acceptors (Lipinski definition) is 13. The predicted octanol–water partition coefficient (Wildman–Crippen LogP) is -4.90. The number of rotatable bonds is 7. The average molecular weight is 454 g/mol. The Morgan fingerprint density at radius 3 is 2.06 bits per heavy atom. The van der Waals surface area contributed by atoms with Gasteiger partial charge < -0.3 is 65.8 Å². The molecular weight excluding hydrogens is 420 g/mol. The first-order valence-corrected chi connectivity index (χ1v) is 10.4. The Morgan fingerprint density at radius 2 is 1.45 bits per heavy atom. The van der Waals surface area contributed by atoms with Gasteiger partial charge in [-0.2, -0.15) is 0 Å². The first kappa shape index (κ1) is 25.1. The number of aliphatic hydroxyl groups is 6. The van der Waals surface area contributed by atoms with Crippen molar-refractivity contribution in [3.05, 3.63) is 0 Å². The maximum atomic E-state index is 10.3. The van der Waals surface area contributed by atoms with E-state index in [2.05, 4.69) is 0 Å². The van der Waals surface area contributed by atoms with Crippen molar-refractivity contribution >= 4 is 0 Å². The third-order valence-corrected chi connectivity index (χ3v) is 6.01. The Bertz CT molecular complexity index is 573. The molecule has 13 heteroatoms. The van der Waals surface area contributed by atoms with Crippen LogP contribution in [0.1, 0.15) is 13.3 Å². The molecule has 182 valence electrons. The number of ether oxygens (including phenoxy) is 5. The van der Waals surface area contributed by atoms with E-state index in [9.17, 15) is 30.6 Å². The van der Waals surface area contributed by atoms with Gasteiger partial charge in [0.2, 0.25) is 0 Å². The molecule has 0 amide bonds. The van der Waals surface area contributed by atoms with Gasteiger partial charge in [0.1, 0.15) is 42.7 Å². The Kier molecular flexibility index (Phi) is 8.59. The zero-order valence-electron chi connectivity index (χ0n) is 17.2. The van der Waals surface area contributed by atoms with Crippen LogP contribution in [0.5, 0.6) is 0 Å². The molecule has 3 aliphatic heterocycles. The maximum absolute atomic E-state index is 10.3. The first-order chi connectivity index (χ1) is 14.7. The summed E-state index contributed by atoms with van der Waals surface area (Å²) < 4.78 is 28.3. The normalized spacial score (nSPS) is 51.2. The summed E-state index contributed by atoms with van der Waals surface area (Å²) >= 11 is 0. The van der Waals surface area contributed by atoms with Gasteiger partial charge >= 0.3 is 0 Å². The molecule has 3 heterocycles. The molecule has 0 aromatic heterocycles. The SMILES string of the molecule is C[C@@H]1O[C@H](CO)C(O[C@@H]2O[C@@H](CN)C(O[C@H]3OC(CO)[C@@H](O)[C@H](O)C3O)CC2N)[C@@H]1O. The quantitative estimate of drug-likeness (QED) is 0.181. The second-order valence-electron chi connectivity index (χ2n) is 8.20. The number of aliphatic hydroxyl groups excluding tert-OH is 6. The summed E-state index contributed by atoms with van der Waals surface area (Å²) in [5.74, 6) is 0. The third kappa shape index (κ3) is 5.19. The highest BCUT2D eigenvalue weighted by Gasteiger charge is 2.49. The zero-order chi connectivity index (χ0) is 22.9. The zero-order valence-corrected chi connectivity index (χ0v) is 17.2. The van der Waals surface area contributed by atoms with E-state index in [0.717, 1.165) is 0 Å². The van der Waals surface area contributed by atoms with Crippen molar-refractivity contribution in [1.29, 1.82) is 0 Å². The van der Waals surface area contributed by atoms with Crippen LogP contribution in [0.4, 0.5) is 0 Å². The molecule has 0 aromatic rings. The van der Waals surface area contributed by atoms with E-state index in [0.29, 0.717) is 0 Å². The van der Waals surface area contributed by atoms with Gasteiger partial charge in [0, 0.05) is 6.54 Å². The van der Waals surface area contributed by atoms with Crippen molar-refractivity contribution in [2.24, 2.45) is 11.5 Å². The van der Waals surface area contributed by atoms with Gasteiger partial charge in [-0.05, 0) is 13.3 Å². The van der Waals surface area contributed by atoms with E-state index in [1.165, 1.54) is 0 Å². The fraction of sp³-hybridized carbons (Fsp3) is 1.00. The predicted molar refractivity (Wildman–Crippen MR) is 101 cm³/mol. The van der Waals surface area contributed by atoms with Crippen molar-refractivity contribution in [3.63, 3.8) is 0 Å². The van der Waals surface area contributed by atoms with Crippen LogP contribution in [0.2, 0.25) is 0 Å². The van der Waals surface area contributed by atoms with E-state index in [1.807, 2.05) is 0 Å². The van der Waals surface area contributed by atoms with Crippen LogP contribution < -0.4 is 11.5 Å². The molecular formula is C18H34N2O11. The van der Waals surface area contributed by atoms with Crippen LogP contribution in [0.3, 0.4) is 0 Å². The molecule has 0 saturated carbocycles. The molecule has 13 nitrogen and oxygen atoms in total. The van der Waals surface area contributed by atoms with E-state index >= 15 is 0 Å². The summed E-state index contributed by atoms with van der Waals surface area (Å²) in [4.78, 5) is 0. The summed E-state index contributed by atoms with van der Waals surface area (Å²) in [6, 6.07) is -0.722. The molecule has 5 unspecified atom stereocenters. The van der Waals surface area contributed by atoms with Crippen molar-refractivity contribution in [3.8, 4) is 0 Å². The molecule has 0 bridgehead atoms. The van der Waals surface area contributed by atoms with Gasteiger partial charge in [0.05, 0.1) is 37.6 Å². The smallest absolute Gasteiger partial charge is 0.187 e. The summed E-state index contributed by atoms with van der Waals surface area (Å²) in [5, 5.41) is 59.1. The van der Waals surface area contributed by atoms with E-state index in [-0.39, 0.29) is 19.6 Å². The minimum Gasteiger partial charge on any atom is -0.394 e. The lowest BCUT2D eigenvalue weighted by atomic mass is 9.97.